The van der Waals surface area contributed by atoms with E-state index in [0.717, 1.165) is 37.9 Å². The fourth-order valence-corrected chi connectivity index (χ4v) is 5.40. The van der Waals surface area contributed by atoms with Crippen LogP contribution in [0.2, 0.25) is 0 Å². The van der Waals surface area contributed by atoms with Crippen molar-refractivity contribution in [2.75, 3.05) is 12.3 Å². The molecule has 0 spiro atoms. The highest BCUT2D eigenvalue weighted by atomic mass is 32.2. The van der Waals surface area contributed by atoms with Gasteiger partial charge < -0.3 is 11.1 Å². The topological polar surface area (TPSA) is 105 Å². The van der Waals surface area contributed by atoms with E-state index in [1.54, 1.807) is 11.8 Å². The monoisotopic (exact) mass is 466 g/mol. The molecule has 8 heteroatoms. The molecule has 0 radical (unpaired) electrons. The predicted octanol–water partition coefficient (Wildman–Crippen LogP) is 3.50. The molecule has 1 aliphatic heterocycles. The highest BCUT2D eigenvalue weighted by molar-refractivity contribution is 8.00. The third-order valence-corrected chi connectivity index (χ3v) is 7.03. The van der Waals surface area contributed by atoms with E-state index in [0.29, 0.717) is 31.1 Å². The lowest BCUT2D eigenvalue weighted by Gasteiger charge is -2.32. The van der Waals surface area contributed by atoms with Gasteiger partial charge in [-0.3, -0.25) is 24.3 Å². The van der Waals surface area contributed by atoms with Crippen LogP contribution in [0.4, 0.5) is 0 Å². The van der Waals surface area contributed by atoms with Gasteiger partial charge in [0.05, 0.1) is 16.6 Å². The van der Waals surface area contributed by atoms with Crippen LogP contribution in [0.15, 0.2) is 4.99 Å². The quantitative estimate of drug-likeness (QED) is 0.246. The summed E-state index contributed by atoms with van der Waals surface area (Å²) >= 11 is 1.56. The molecule has 3 amide bonds. The summed E-state index contributed by atoms with van der Waals surface area (Å²) in [5, 5.41) is 2.78. The maximum absolute atomic E-state index is 12.8. The zero-order valence-corrected chi connectivity index (χ0v) is 21.5. The molecular formula is C24H42N4O3S. The zero-order chi connectivity index (χ0) is 24.1. The number of carbonyl (C=O) groups excluding carboxylic acids is 3. The Hall–Kier alpha value is -1.57. The van der Waals surface area contributed by atoms with E-state index in [9.17, 15) is 14.4 Å². The van der Waals surface area contributed by atoms with Crippen molar-refractivity contribution in [2.45, 2.75) is 103 Å². The molecule has 2 fully saturated rings. The van der Waals surface area contributed by atoms with Gasteiger partial charge in [-0.05, 0) is 85.3 Å². The second-order valence-corrected chi connectivity index (χ2v) is 12.6. The van der Waals surface area contributed by atoms with Gasteiger partial charge >= 0.3 is 0 Å². The van der Waals surface area contributed by atoms with Crippen molar-refractivity contribution in [1.82, 2.24) is 10.2 Å². The number of rotatable bonds is 8. The minimum Gasteiger partial charge on any atom is -0.387 e. The molecule has 0 aromatic carbocycles. The molecule has 1 atom stereocenters. The number of nitrogens with one attached hydrogen (secondary N) is 1. The standard InChI is InChI=1S/C24H42N4O3S/c1-23(2,3)26-19(25)8-7-13-32-18-14-20(29)28(22(18)31)15-16-9-11-17(12-10-16)21(30)27-24(4,5)6/h16-18H,7-15H2,1-6H3,(H2,25,26)(H,27,30). The van der Waals surface area contributed by atoms with E-state index in [1.807, 2.05) is 41.5 Å². The third-order valence-electron chi connectivity index (χ3n) is 5.73. The van der Waals surface area contributed by atoms with Gasteiger partial charge in [0, 0.05) is 30.8 Å². The molecule has 7 nitrogen and oxygen atoms in total. The largest absolute Gasteiger partial charge is 0.387 e. The molecule has 0 aromatic rings. The molecule has 1 saturated heterocycles. The van der Waals surface area contributed by atoms with Gasteiger partial charge in [-0.25, -0.2) is 0 Å². The van der Waals surface area contributed by atoms with Crippen LogP contribution in [0.3, 0.4) is 0 Å². The fraction of sp³-hybridized carbons (Fsp3) is 0.833. The van der Waals surface area contributed by atoms with Gasteiger partial charge in [-0.15, -0.1) is 11.8 Å². The van der Waals surface area contributed by atoms with Crippen LogP contribution in [-0.2, 0) is 14.4 Å². The summed E-state index contributed by atoms with van der Waals surface area (Å²) < 4.78 is 0. The Labute approximate surface area is 197 Å². The molecule has 2 rings (SSSR count). The first-order valence-corrected chi connectivity index (χ1v) is 12.9. The number of nitrogens with two attached hydrogens (primary N) is 1. The lowest BCUT2D eigenvalue weighted by Crippen LogP contribution is -2.45. The molecule has 0 aromatic heterocycles. The molecule has 1 aliphatic carbocycles. The minimum absolute atomic E-state index is 0.0352. The van der Waals surface area contributed by atoms with Crippen LogP contribution in [0.5, 0.6) is 0 Å². The van der Waals surface area contributed by atoms with Crippen LogP contribution in [0, 0.1) is 11.8 Å². The number of amides is 3. The molecule has 182 valence electrons. The van der Waals surface area contributed by atoms with E-state index in [-0.39, 0.29) is 40.0 Å². The van der Waals surface area contributed by atoms with E-state index in [4.69, 9.17) is 5.73 Å². The summed E-state index contributed by atoms with van der Waals surface area (Å²) in [6, 6.07) is 0. The van der Waals surface area contributed by atoms with Crippen molar-refractivity contribution >= 4 is 35.3 Å². The first-order valence-electron chi connectivity index (χ1n) is 11.9. The van der Waals surface area contributed by atoms with Crippen LogP contribution < -0.4 is 11.1 Å². The summed E-state index contributed by atoms with van der Waals surface area (Å²) in [6.07, 6.45) is 5.23. The molecule has 1 saturated carbocycles. The summed E-state index contributed by atoms with van der Waals surface area (Å²) in [6.45, 7) is 12.5. The average molecular weight is 467 g/mol. The fourth-order valence-electron chi connectivity index (χ4n) is 4.28. The summed E-state index contributed by atoms with van der Waals surface area (Å²) in [5.74, 6) is 1.75. The number of hydrogen-bond donors (Lipinski definition) is 2. The number of aliphatic imine (C=N–C) groups is 1. The van der Waals surface area contributed by atoms with Crippen molar-refractivity contribution in [2.24, 2.45) is 22.6 Å². The number of amidine groups is 1. The van der Waals surface area contributed by atoms with Gasteiger partial charge in [0.25, 0.3) is 0 Å². The maximum Gasteiger partial charge on any atom is 0.242 e. The SMILES string of the molecule is CC(C)(C)N=C(N)CCCSC1CC(=O)N(CC2CCC(C(=O)NC(C)(C)C)CC2)C1=O. The molecule has 1 unspecified atom stereocenters. The maximum atomic E-state index is 12.8. The number of thioether (sulfide) groups is 1. The molecule has 3 N–H and O–H groups in total. The van der Waals surface area contributed by atoms with Crippen molar-refractivity contribution in [1.29, 1.82) is 0 Å². The predicted molar refractivity (Wildman–Crippen MR) is 132 cm³/mol. The third kappa shape index (κ3) is 8.75. The van der Waals surface area contributed by atoms with Gasteiger partial charge in [0.1, 0.15) is 0 Å². The number of imide groups is 1. The smallest absolute Gasteiger partial charge is 0.242 e. The van der Waals surface area contributed by atoms with Gasteiger partial charge in [0.15, 0.2) is 0 Å². The first kappa shape index (κ1) is 26.7. The van der Waals surface area contributed by atoms with E-state index < -0.39 is 0 Å². The second kappa shape index (κ2) is 11.0. The normalized spacial score (nSPS) is 25.4. The Morgan fingerprint density at radius 2 is 1.75 bits per heavy atom. The van der Waals surface area contributed by atoms with Crippen molar-refractivity contribution in [3.8, 4) is 0 Å². The number of carbonyl (C=O) groups is 3. The summed E-state index contributed by atoms with van der Waals surface area (Å²) in [7, 11) is 0. The molecule has 0 bridgehead atoms. The Morgan fingerprint density at radius 3 is 2.31 bits per heavy atom. The van der Waals surface area contributed by atoms with Crippen molar-refractivity contribution in [3.63, 3.8) is 0 Å². The summed E-state index contributed by atoms with van der Waals surface area (Å²) in [4.78, 5) is 43.6. The Balaban J connectivity index is 1.74. The molecule has 1 heterocycles. The van der Waals surface area contributed by atoms with Gasteiger partial charge in [-0.1, -0.05) is 0 Å². The Morgan fingerprint density at radius 1 is 1.12 bits per heavy atom. The Kier molecular flexibility index (Phi) is 9.20. The molecule has 2 aliphatic rings. The van der Waals surface area contributed by atoms with Crippen molar-refractivity contribution in [3.05, 3.63) is 0 Å². The average Bonchev–Trinajstić information content (AvgIpc) is 2.90. The van der Waals surface area contributed by atoms with E-state index in [2.05, 4.69) is 10.3 Å². The number of nitrogens with zero attached hydrogens (tertiary/aromatic N) is 2. The number of hydrogen-bond acceptors (Lipinski definition) is 5. The van der Waals surface area contributed by atoms with Crippen molar-refractivity contribution < 1.29 is 14.4 Å². The molecular weight excluding hydrogens is 424 g/mol. The van der Waals surface area contributed by atoms with Crippen LogP contribution >= 0.6 is 11.8 Å². The highest BCUT2D eigenvalue weighted by Gasteiger charge is 2.40. The lowest BCUT2D eigenvalue weighted by atomic mass is 9.81. The van der Waals surface area contributed by atoms with Crippen LogP contribution in [0.1, 0.15) is 86.5 Å². The van der Waals surface area contributed by atoms with Crippen LogP contribution in [0.25, 0.3) is 0 Å². The molecule has 32 heavy (non-hydrogen) atoms. The van der Waals surface area contributed by atoms with E-state index in [1.165, 1.54) is 4.90 Å². The number of likely N-dealkylation sites (tertiary alicyclic amines) is 1. The van der Waals surface area contributed by atoms with Gasteiger partial charge in [0.2, 0.25) is 17.7 Å². The van der Waals surface area contributed by atoms with E-state index >= 15 is 0 Å². The Bertz CT molecular complexity index is 716. The minimum atomic E-state index is -0.280. The first-order chi connectivity index (χ1) is 14.7. The zero-order valence-electron chi connectivity index (χ0n) is 20.7. The van der Waals surface area contributed by atoms with Gasteiger partial charge in [-0.2, -0.15) is 0 Å². The lowest BCUT2D eigenvalue weighted by molar-refractivity contribution is -0.139. The second-order valence-electron chi connectivity index (χ2n) is 11.2. The summed E-state index contributed by atoms with van der Waals surface area (Å²) in [5.41, 5.74) is 5.57. The highest BCUT2D eigenvalue weighted by Crippen LogP contribution is 2.33. The van der Waals surface area contributed by atoms with Crippen LogP contribution in [-0.4, -0.2) is 57.1 Å².